The summed E-state index contributed by atoms with van der Waals surface area (Å²) in [7, 11) is 0. The first-order valence-corrected chi connectivity index (χ1v) is 8.11. The molecule has 2 nitrogen and oxygen atoms in total. The Hall–Kier alpha value is -1.96. The summed E-state index contributed by atoms with van der Waals surface area (Å²) >= 11 is 0. The quantitative estimate of drug-likeness (QED) is 0.821. The van der Waals surface area contributed by atoms with Crippen LogP contribution in [0.3, 0.4) is 0 Å². The van der Waals surface area contributed by atoms with Crippen molar-refractivity contribution in [1.82, 2.24) is 0 Å². The molecule has 0 aliphatic carbocycles. The normalized spacial score (nSPS) is 11.6. The molecule has 0 amide bonds. The van der Waals surface area contributed by atoms with Gasteiger partial charge in [0, 0.05) is 5.41 Å². The molecule has 2 rings (SSSR count). The summed E-state index contributed by atoms with van der Waals surface area (Å²) in [5.74, 6) is 0.731. The third kappa shape index (κ3) is 2.83. The van der Waals surface area contributed by atoms with E-state index in [4.69, 9.17) is 0 Å². The fraction of sp³-hybridized carbons (Fsp3) is 0.400. The van der Waals surface area contributed by atoms with Gasteiger partial charge in [0.25, 0.3) is 0 Å². The standard InChI is InChI=1S/C20H26O2/c1-5-14-12-16(8-10-18(14)21)20(4,7-3)17-9-11-19(22)15(6-2)13-17/h8-13,21-22H,5-7H2,1-4H3. The molecule has 0 heterocycles. The fourth-order valence-electron chi connectivity index (χ4n) is 3.00. The first-order valence-electron chi connectivity index (χ1n) is 8.11. The number of hydrogen-bond acceptors (Lipinski definition) is 2. The number of rotatable bonds is 5. The second-order valence-electron chi connectivity index (χ2n) is 6.08. The molecule has 0 saturated heterocycles. The Morgan fingerprint density at radius 2 is 1.18 bits per heavy atom. The van der Waals surface area contributed by atoms with E-state index in [0.717, 1.165) is 30.4 Å². The minimum Gasteiger partial charge on any atom is -0.508 e. The Bertz CT molecular complexity index is 605. The molecule has 0 aliphatic heterocycles. The largest absolute Gasteiger partial charge is 0.508 e. The van der Waals surface area contributed by atoms with Gasteiger partial charge in [0.15, 0.2) is 0 Å². The average molecular weight is 298 g/mol. The van der Waals surface area contributed by atoms with Crippen LogP contribution in [-0.4, -0.2) is 10.2 Å². The van der Waals surface area contributed by atoms with Crippen molar-refractivity contribution in [1.29, 1.82) is 0 Å². The lowest BCUT2D eigenvalue weighted by Crippen LogP contribution is -2.23. The van der Waals surface area contributed by atoms with E-state index in [1.54, 1.807) is 12.1 Å². The summed E-state index contributed by atoms with van der Waals surface area (Å²) in [5, 5.41) is 19.9. The van der Waals surface area contributed by atoms with Gasteiger partial charge in [-0.3, -0.25) is 0 Å². The Balaban J connectivity index is 2.57. The molecular formula is C20H26O2. The van der Waals surface area contributed by atoms with Crippen LogP contribution >= 0.6 is 0 Å². The molecule has 0 spiro atoms. The van der Waals surface area contributed by atoms with E-state index in [0.29, 0.717) is 11.5 Å². The van der Waals surface area contributed by atoms with Crippen molar-refractivity contribution in [3.8, 4) is 11.5 Å². The van der Waals surface area contributed by atoms with Crippen LogP contribution in [0.5, 0.6) is 11.5 Å². The molecule has 0 bridgehead atoms. The summed E-state index contributed by atoms with van der Waals surface area (Å²) in [4.78, 5) is 0. The maximum absolute atomic E-state index is 9.93. The Morgan fingerprint density at radius 3 is 1.50 bits per heavy atom. The second-order valence-corrected chi connectivity index (χ2v) is 6.08. The number of hydrogen-bond donors (Lipinski definition) is 2. The minimum atomic E-state index is -0.130. The smallest absolute Gasteiger partial charge is 0.118 e. The molecule has 2 heteroatoms. The highest BCUT2D eigenvalue weighted by atomic mass is 16.3. The zero-order valence-electron chi connectivity index (χ0n) is 14.0. The molecule has 118 valence electrons. The summed E-state index contributed by atoms with van der Waals surface area (Å²) < 4.78 is 0. The van der Waals surface area contributed by atoms with Crippen molar-refractivity contribution in [3.05, 3.63) is 58.7 Å². The average Bonchev–Trinajstić information content (AvgIpc) is 2.55. The van der Waals surface area contributed by atoms with E-state index in [2.05, 4.69) is 39.8 Å². The predicted octanol–water partition coefficient (Wildman–Crippen LogP) is 4.94. The van der Waals surface area contributed by atoms with Gasteiger partial charge >= 0.3 is 0 Å². The van der Waals surface area contributed by atoms with E-state index in [1.165, 1.54) is 11.1 Å². The maximum atomic E-state index is 9.93. The molecule has 2 aromatic carbocycles. The van der Waals surface area contributed by atoms with Crippen molar-refractivity contribution in [2.45, 2.75) is 52.4 Å². The first kappa shape index (κ1) is 16.4. The monoisotopic (exact) mass is 298 g/mol. The highest BCUT2D eigenvalue weighted by Crippen LogP contribution is 2.38. The van der Waals surface area contributed by atoms with E-state index in [-0.39, 0.29) is 5.41 Å². The highest BCUT2D eigenvalue weighted by molar-refractivity contribution is 5.47. The van der Waals surface area contributed by atoms with Crippen LogP contribution in [0.4, 0.5) is 0 Å². The van der Waals surface area contributed by atoms with Crippen molar-refractivity contribution in [2.24, 2.45) is 0 Å². The molecule has 0 unspecified atom stereocenters. The molecule has 0 saturated carbocycles. The molecular weight excluding hydrogens is 272 g/mol. The molecule has 22 heavy (non-hydrogen) atoms. The van der Waals surface area contributed by atoms with Gasteiger partial charge in [-0.05, 0) is 53.6 Å². The van der Waals surface area contributed by atoms with Gasteiger partial charge in [0.05, 0.1) is 0 Å². The number of benzene rings is 2. The van der Waals surface area contributed by atoms with Crippen LogP contribution in [0.2, 0.25) is 0 Å². The first-order chi connectivity index (χ1) is 10.5. The molecule has 0 radical (unpaired) electrons. The third-order valence-electron chi connectivity index (χ3n) is 4.90. The van der Waals surface area contributed by atoms with Crippen LogP contribution in [0, 0.1) is 0 Å². The van der Waals surface area contributed by atoms with Crippen molar-refractivity contribution < 1.29 is 10.2 Å². The van der Waals surface area contributed by atoms with Crippen molar-refractivity contribution >= 4 is 0 Å². The summed E-state index contributed by atoms with van der Waals surface area (Å²) in [6.45, 7) is 8.51. The predicted molar refractivity (Wildman–Crippen MR) is 91.7 cm³/mol. The lowest BCUT2D eigenvalue weighted by Gasteiger charge is -2.31. The minimum absolute atomic E-state index is 0.130. The van der Waals surface area contributed by atoms with Gasteiger partial charge in [-0.15, -0.1) is 0 Å². The zero-order valence-corrected chi connectivity index (χ0v) is 14.0. The number of phenols is 2. The van der Waals surface area contributed by atoms with Gasteiger partial charge in [0.1, 0.15) is 11.5 Å². The number of phenolic OH excluding ortho intramolecular Hbond substituents is 2. The van der Waals surface area contributed by atoms with Crippen LogP contribution in [0.1, 0.15) is 56.4 Å². The van der Waals surface area contributed by atoms with E-state index < -0.39 is 0 Å². The fourth-order valence-corrected chi connectivity index (χ4v) is 3.00. The SMILES string of the molecule is CCc1cc(C(C)(CC)c2ccc(O)c(CC)c2)ccc1O. The summed E-state index contributed by atoms with van der Waals surface area (Å²) in [5.41, 5.74) is 4.24. The number of aromatic hydroxyl groups is 2. The highest BCUT2D eigenvalue weighted by Gasteiger charge is 2.28. The molecule has 0 aromatic heterocycles. The third-order valence-corrected chi connectivity index (χ3v) is 4.90. The van der Waals surface area contributed by atoms with Crippen LogP contribution < -0.4 is 0 Å². The Kier molecular flexibility index (Phi) is 4.80. The van der Waals surface area contributed by atoms with E-state index in [9.17, 15) is 10.2 Å². The maximum Gasteiger partial charge on any atom is 0.118 e. The summed E-state index contributed by atoms with van der Waals surface area (Å²) in [6, 6.07) is 11.8. The van der Waals surface area contributed by atoms with E-state index >= 15 is 0 Å². The van der Waals surface area contributed by atoms with Crippen molar-refractivity contribution in [3.63, 3.8) is 0 Å². The van der Waals surface area contributed by atoms with Gasteiger partial charge in [0.2, 0.25) is 0 Å². The van der Waals surface area contributed by atoms with Gasteiger partial charge in [-0.2, -0.15) is 0 Å². The lowest BCUT2D eigenvalue weighted by molar-refractivity contribution is 0.465. The Morgan fingerprint density at radius 1 is 0.773 bits per heavy atom. The molecule has 0 fully saturated rings. The molecule has 2 N–H and O–H groups in total. The topological polar surface area (TPSA) is 40.5 Å². The van der Waals surface area contributed by atoms with Crippen LogP contribution in [0.25, 0.3) is 0 Å². The molecule has 0 atom stereocenters. The van der Waals surface area contributed by atoms with Gasteiger partial charge in [-0.1, -0.05) is 52.0 Å². The lowest BCUT2D eigenvalue weighted by atomic mass is 9.73. The Labute approximate surface area is 133 Å². The number of aryl methyl sites for hydroxylation is 2. The van der Waals surface area contributed by atoms with Gasteiger partial charge < -0.3 is 10.2 Å². The second kappa shape index (κ2) is 6.43. The van der Waals surface area contributed by atoms with Crippen LogP contribution in [0.15, 0.2) is 36.4 Å². The molecule has 2 aromatic rings. The summed E-state index contributed by atoms with van der Waals surface area (Å²) in [6.07, 6.45) is 2.58. The zero-order chi connectivity index (χ0) is 16.3. The van der Waals surface area contributed by atoms with Crippen LogP contribution in [-0.2, 0) is 18.3 Å². The van der Waals surface area contributed by atoms with Crippen molar-refractivity contribution in [2.75, 3.05) is 0 Å². The molecule has 0 aliphatic rings. The van der Waals surface area contributed by atoms with Gasteiger partial charge in [-0.25, -0.2) is 0 Å². The van der Waals surface area contributed by atoms with E-state index in [1.807, 2.05) is 12.1 Å².